The van der Waals surface area contributed by atoms with E-state index in [1.807, 2.05) is 17.9 Å². The number of aryl methyl sites for hydroxylation is 2. The van der Waals surface area contributed by atoms with Crippen molar-refractivity contribution in [2.45, 2.75) is 26.3 Å². The van der Waals surface area contributed by atoms with Crippen molar-refractivity contribution in [2.24, 2.45) is 0 Å². The van der Waals surface area contributed by atoms with Gasteiger partial charge in [0.15, 0.2) is 0 Å². The first kappa shape index (κ1) is 13.6. The number of amides is 1. The number of aromatic nitrogens is 1. The van der Waals surface area contributed by atoms with Gasteiger partial charge in [-0.2, -0.15) is 0 Å². The number of carbonyl (C=O) groups is 1. The second kappa shape index (κ2) is 5.56. The van der Waals surface area contributed by atoms with Crippen LogP contribution >= 0.6 is 0 Å². The van der Waals surface area contributed by atoms with Gasteiger partial charge in [-0.25, -0.2) is 0 Å². The summed E-state index contributed by atoms with van der Waals surface area (Å²) >= 11 is 0. The number of pyridine rings is 1. The molecule has 0 spiro atoms. The number of benzene rings is 1. The maximum atomic E-state index is 12.8. The molecule has 1 aliphatic heterocycles. The van der Waals surface area contributed by atoms with E-state index in [1.54, 1.807) is 12.3 Å². The molecule has 0 atom stereocenters. The summed E-state index contributed by atoms with van der Waals surface area (Å²) in [5.74, 6) is 0.0176. The topological polar surface area (TPSA) is 59.2 Å². The molecule has 108 valence electrons. The third kappa shape index (κ3) is 2.75. The monoisotopic (exact) mass is 281 g/mol. The number of hydrogen-bond acceptors (Lipinski definition) is 3. The number of nitrogen functional groups attached to an aromatic ring is 1. The average Bonchev–Trinajstić information content (AvgIpc) is 2.71. The third-order valence-electron chi connectivity index (χ3n) is 3.98. The zero-order valence-corrected chi connectivity index (χ0v) is 12.2. The van der Waals surface area contributed by atoms with Crippen molar-refractivity contribution in [1.29, 1.82) is 0 Å². The van der Waals surface area contributed by atoms with Gasteiger partial charge >= 0.3 is 0 Å². The van der Waals surface area contributed by atoms with Crippen molar-refractivity contribution in [1.82, 2.24) is 9.88 Å². The molecule has 1 aromatic carbocycles. The van der Waals surface area contributed by atoms with Crippen molar-refractivity contribution >= 4 is 11.6 Å². The predicted molar refractivity (Wildman–Crippen MR) is 82.9 cm³/mol. The molecule has 2 aromatic rings. The molecule has 1 amide bonds. The van der Waals surface area contributed by atoms with Crippen LogP contribution in [0.15, 0.2) is 36.5 Å². The van der Waals surface area contributed by atoms with E-state index in [1.165, 1.54) is 11.1 Å². The number of carbonyl (C=O) groups excluding carboxylic acids is 1. The second-order valence-electron chi connectivity index (χ2n) is 5.50. The lowest BCUT2D eigenvalue weighted by Crippen LogP contribution is -2.31. The lowest BCUT2D eigenvalue weighted by atomic mass is 10.0. The predicted octanol–water partition coefficient (Wildman–Crippen LogP) is 2.56. The van der Waals surface area contributed by atoms with Crippen LogP contribution in [-0.4, -0.2) is 22.3 Å². The van der Waals surface area contributed by atoms with Gasteiger partial charge in [-0.3, -0.25) is 9.78 Å². The normalized spacial score (nSPS) is 14.4. The molecule has 0 fully saturated rings. The number of rotatable bonds is 1. The second-order valence-corrected chi connectivity index (χ2v) is 5.50. The highest BCUT2D eigenvalue weighted by Crippen LogP contribution is 2.21. The highest BCUT2D eigenvalue weighted by Gasteiger charge is 2.21. The Hall–Kier alpha value is -2.36. The van der Waals surface area contributed by atoms with Crippen LogP contribution in [0.3, 0.4) is 0 Å². The summed E-state index contributed by atoms with van der Waals surface area (Å²) in [5.41, 5.74) is 10.2. The SMILES string of the molecule is Cc1ncc(N)cc1C(=O)N1CCCc2ccccc2C1. The molecular weight excluding hydrogens is 262 g/mol. The van der Waals surface area contributed by atoms with Crippen LogP contribution in [0.2, 0.25) is 0 Å². The van der Waals surface area contributed by atoms with Crippen molar-refractivity contribution in [2.75, 3.05) is 12.3 Å². The Morgan fingerprint density at radius 2 is 2.05 bits per heavy atom. The standard InChI is InChI=1S/C17H19N3O/c1-12-16(9-15(18)10-19-12)17(21)20-8-4-7-13-5-2-3-6-14(13)11-20/h2-3,5-6,9-10H,4,7-8,11,18H2,1H3. The van der Waals surface area contributed by atoms with Crippen LogP contribution in [0.5, 0.6) is 0 Å². The minimum absolute atomic E-state index is 0.0176. The summed E-state index contributed by atoms with van der Waals surface area (Å²) in [6, 6.07) is 10.1. The molecule has 4 nitrogen and oxygen atoms in total. The molecule has 0 unspecified atom stereocenters. The minimum atomic E-state index is 0.0176. The molecule has 2 heterocycles. The van der Waals surface area contributed by atoms with Gasteiger partial charge in [-0.1, -0.05) is 24.3 Å². The first-order valence-corrected chi connectivity index (χ1v) is 7.23. The quantitative estimate of drug-likeness (QED) is 0.874. The van der Waals surface area contributed by atoms with Crippen molar-refractivity contribution in [3.05, 3.63) is 58.9 Å². The van der Waals surface area contributed by atoms with E-state index in [9.17, 15) is 4.79 Å². The average molecular weight is 281 g/mol. The van der Waals surface area contributed by atoms with Crippen LogP contribution in [0.4, 0.5) is 5.69 Å². The van der Waals surface area contributed by atoms with E-state index in [0.717, 1.165) is 25.1 Å². The number of nitrogens with two attached hydrogens (primary N) is 1. The molecule has 1 aliphatic rings. The van der Waals surface area contributed by atoms with E-state index in [2.05, 4.69) is 23.2 Å². The zero-order chi connectivity index (χ0) is 14.8. The lowest BCUT2D eigenvalue weighted by Gasteiger charge is -2.21. The first-order chi connectivity index (χ1) is 10.1. The van der Waals surface area contributed by atoms with Gasteiger partial charge in [0.2, 0.25) is 0 Å². The Kier molecular flexibility index (Phi) is 3.60. The molecule has 1 aromatic heterocycles. The van der Waals surface area contributed by atoms with Crippen molar-refractivity contribution in [3.63, 3.8) is 0 Å². The van der Waals surface area contributed by atoms with E-state index >= 15 is 0 Å². The van der Waals surface area contributed by atoms with Gasteiger partial charge in [0.1, 0.15) is 0 Å². The van der Waals surface area contributed by atoms with Gasteiger partial charge in [0.25, 0.3) is 5.91 Å². The van der Waals surface area contributed by atoms with Gasteiger partial charge < -0.3 is 10.6 Å². The summed E-state index contributed by atoms with van der Waals surface area (Å²) in [5, 5.41) is 0. The Morgan fingerprint density at radius 1 is 1.29 bits per heavy atom. The Balaban J connectivity index is 1.90. The highest BCUT2D eigenvalue weighted by atomic mass is 16.2. The third-order valence-corrected chi connectivity index (χ3v) is 3.98. The molecule has 3 rings (SSSR count). The summed E-state index contributed by atoms with van der Waals surface area (Å²) in [6.45, 7) is 3.27. The summed E-state index contributed by atoms with van der Waals surface area (Å²) < 4.78 is 0. The number of hydrogen-bond donors (Lipinski definition) is 1. The molecule has 0 bridgehead atoms. The van der Waals surface area contributed by atoms with Crippen LogP contribution in [-0.2, 0) is 13.0 Å². The summed E-state index contributed by atoms with van der Waals surface area (Å²) in [4.78, 5) is 18.9. The number of anilines is 1. The maximum Gasteiger partial charge on any atom is 0.256 e. The molecular formula is C17H19N3O. The van der Waals surface area contributed by atoms with Crippen LogP contribution in [0.1, 0.15) is 33.6 Å². The Morgan fingerprint density at radius 3 is 2.86 bits per heavy atom. The van der Waals surface area contributed by atoms with Crippen LogP contribution in [0, 0.1) is 6.92 Å². The van der Waals surface area contributed by atoms with Gasteiger partial charge in [-0.15, -0.1) is 0 Å². The zero-order valence-electron chi connectivity index (χ0n) is 12.2. The molecule has 21 heavy (non-hydrogen) atoms. The van der Waals surface area contributed by atoms with Gasteiger partial charge in [-0.05, 0) is 37.0 Å². The number of nitrogens with zero attached hydrogens (tertiary/aromatic N) is 2. The Labute approximate surface area is 124 Å². The van der Waals surface area contributed by atoms with Crippen molar-refractivity contribution in [3.8, 4) is 0 Å². The van der Waals surface area contributed by atoms with E-state index in [-0.39, 0.29) is 5.91 Å². The summed E-state index contributed by atoms with van der Waals surface area (Å²) in [6.07, 6.45) is 3.59. The van der Waals surface area contributed by atoms with Gasteiger partial charge in [0.05, 0.1) is 23.1 Å². The molecule has 0 aliphatic carbocycles. The highest BCUT2D eigenvalue weighted by molar-refractivity contribution is 5.96. The van der Waals surface area contributed by atoms with Gasteiger partial charge in [0, 0.05) is 13.1 Å². The molecule has 0 radical (unpaired) electrons. The first-order valence-electron chi connectivity index (χ1n) is 7.23. The summed E-state index contributed by atoms with van der Waals surface area (Å²) in [7, 11) is 0. The van der Waals surface area contributed by atoms with E-state index in [4.69, 9.17) is 5.73 Å². The molecule has 0 saturated heterocycles. The largest absolute Gasteiger partial charge is 0.397 e. The fourth-order valence-electron chi connectivity index (χ4n) is 2.81. The molecule has 2 N–H and O–H groups in total. The Bertz CT molecular complexity index is 681. The smallest absolute Gasteiger partial charge is 0.256 e. The van der Waals surface area contributed by atoms with E-state index in [0.29, 0.717) is 17.8 Å². The number of fused-ring (bicyclic) bond motifs is 1. The fraction of sp³-hybridized carbons (Fsp3) is 0.294. The minimum Gasteiger partial charge on any atom is -0.397 e. The molecule has 0 saturated carbocycles. The molecule has 4 heteroatoms. The van der Waals surface area contributed by atoms with Crippen LogP contribution in [0.25, 0.3) is 0 Å². The lowest BCUT2D eigenvalue weighted by molar-refractivity contribution is 0.0744. The van der Waals surface area contributed by atoms with Crippen LogP contribution < -0.4 is 5.73 Å². The fourth-order valence-corrected chi connectivity index (χ4v) is 2.81. The van der Waals surface area contributed by atoms with E-state index < -0.39 is 0 Å². The van der Waals surface area contributed by atoms with Crippen molar-refractivity contribution < 1.29 is 4.79 Å². The maximum absolute atomic E-state index is 12.8.